The molecular weight excluding hydrogens is 374 g/mol. The fourth-order valence-electron chi connectivity index (χ4n) is 2.66. The van der Waals surface area contributed by atoms with E-state index in [1.165, 1.54) is 7.11 Å². The quantitative estimate of drug-likeness (QED) is 0.696. The number of carbonyl (C=O) groups is 2. The van der Waals surface area contributed by atoms with Crippen LogP contribution in [-0.2, 0) is 20.9 Å². The van der Waals surface area contributed by atoms with Gasteiger partial charge in [0.1, 0.15) is 24.1 Å². The number of amides is 1. The largest absolute Gasteiger partial charge is 0.489 e. The van der Waals surface area contributed by atoms with E-state index in [-0.39, 0.29) is 0 Å². The number of benzene rings is 2. The average molecular weight is 401 g/mol. The number of carbonyl (C=O) groups excluding carboxylic acids is 1. The molecule has 2 aromatic carbocycles. The first-order valence-electron chi connectivity index (χ1n) is 9.21. The Morgan fingerprint density at radius 2 is 1.66 bits per heavy atom. The van der Waals surface area contributed by atoms with Gasteiger partial charge in [0.2, 0.25) is 0 Å². The van der Waals surface area contributed by atoms with Crippen LogP contribution in [0.5, 0.6) is 5.75 Å². The van der Waals surface area contributed by atoms with Crippen molar-refractivity contribution in [1.82, 2.24) is 5.32 Å². The van der Waals surface area contributed by atoms with E-state index in [1.807, 2.05) is 30.3 Å². The molecule has 0 unspecified atom stereocenters. The Balaban J connectivity index is 2.07. The number of carboxylic acid groups (broad SMARTS) is 1. The minimum absolute atomic E-state index is 0.422. The number of hydrogen-bond acceptors (Lipinski definition) is 5. The SMILES string of the molecule is CO[C@H](c1ccc(OCc2ccccc2)cc1)[C@@H](NC(=O)OC(C)(C)C)C(=O)O. The molecule has 0 aliphatic rings. The monoisotopic (exact) mass is 401 g/mol. The number of aliphatic carboxylic acids is 1. The van der Waals surface area contributed by atoms with Crippen LogP contribution in [-0.4, -0.2) is 35.9 Å². The van der Waals surface area contributed by atoms with E-state index in [4.69, 9.17) is 14.2 Å². The molecular formula is C22H27NO6. The van der Waals surface area contributed by atoms with Gasteiger partial charge < -0.3 is 24.6 Å². The zero-order chi connectivity index (χ0) is 21.4. The summed E-state index contributed by atoms with van der Waals surface area (Å²) in [4.78, 5) is 23.8. The standard InChI is InChI=1S/C22H27NO6/c1-22(2,3)29-21(26)23-18(20(24)25)19(27-4)16-10-12-17(13-11-16)28-14-15-8-6-5-7-9-15/h5-13,18-19H,14H2,1-4H3,(H,23,26)(H,24,25)/t18-,19-/m1/s1. The Labute approximate surface area is 170 Å². The predicted octanol–water partition coefficient (Wildman–Crippen LogP) is 3.93. The van der Waals surface area contributed by atoms with Gasteiger partial charge >= 0.3 is 12.1 Å². The number of rotatable bonds is 8. The van der Waals surface area contributed by atoms with Crippen molar-refractivity contribution < 1.29 is 28.9 Å². The van der Waals surface area contributed by atoms with Crippen LogP contribution in [0.15, 0.2) is 54.6 Å². The highest BCUT2D eigenvalue weighted by molar-refractivity contribution is 5.81. The van der Waals surface area contributed by atoms with Crippen LogP contribution < -0.4 is 10.1 Å². The van der Waals surface area contributed by atoms with Gasteiger partial charge in [0, 0.05) is 7.11 Å². The van der Waals surface area contributed by atoms with Gasteiger partial charge in [-0.1, -0.05) is 42.5 Å². The normalized spacial score (nSPS) is 13.2. The minimum atomic E-state index is -1.31. The third kappa shape index (κ3) is 7.12. The third-order valence-electron chi connectivity index (χ3n) is 3.95. The lowest BCUT2D eigenvalue weighted by Gasteiger charge is -2.26. The number of hydrogen-bond donors (Lipinski definition) is 2. The van der Waals surface area contributed by atoms with Crippen molar-refractivity contribution in [3.05, 3.63) is 65.7 Å². The molecule has 156 valence electrons. The van der Waals surface area contributed by atoms with Gasteiger partial charge in [-0.25, -0.2) is 9.59 Å². The highest BCUT2D eigenvalue weighted by atomic mass is 16.6. The van der Waals surface area contributed by atoms with Crippen LogP contribution in [0, 0.1) is 0 Å². The van der Waals surface area contributed by atoms with Gasteiger partial charge in [0.25, 0.3) is 0 Å². The summed E-state index contributed by atoms with van der Waals surface area (Å²) in [6, 6.07) is 15.3. The van der Waals surface area contributed by atoms with Crippen molar-refractivity contribution in [3.8, 4) is 5.75 Å². The summed E-state index contributed by atoms with van der Waals surface area (Å²) in [7, 11) is 1.39. The first-order valence-corrected chi connectivity index (χ1v) is 9.21. The Kier molecular flexibility index (Phi) is 7.61. The van der Waals surface area contributed by atoms with Gasteiger partial charge in [-0.2, -0.15) is 0 Å². The van der Waals surface area contributed by atoms with Crippen molar-refractivity contribution in [2.45, 2.75) is 45.1 Å². The molecule has 0 saturated heterocycles. The molecule has 0 aromatic heterocycles. The smallest absolute Gasteiger partial charge is 0.408 e. The van der Waals surface area contributed by atoms with Gasteiger partial charge in [-0.3, -0.25) is 0 Å². The lowest BCUT2D eigenvalue weighted by Crippen LogP contribution is -2.47. The van der Waals surface area contributed by atoms with Gasteiger partial charge in [0.15, 0.2) is 6.04 Å². The zero-order valence-electron chi connectivity index (χ0n) is 17.0. The van der Waals surface area contributed by atoms with E-state index < -0.39 is 29.8 Å². The molecule has 0 radical (unpaired) electrons. The summed E-state index contributed by atoms with van der Waals surface area (Å²) in [6.07, 6.45) is -1.72. The van der Waals surface area contributed by atoms with Crippen molar-refractivity contribution in [2.75, 3.05) is 7.11 Å². The molecule has 7 nitrogen and oxygen atoms in total. The number of methoxy groups -OCH3 is 1. The molecule has 0 aliphatic heterocycles. The van der Waals surface area contributed by atoms with E-state index in [2.05, 4.69) is 5.32 Å². The molecule has 0 saturated carbocycles. The topological polar surface area (TPSA) is 94.1 Å². The summed E-state index contributed by atoms with van der Waals surface area (Å²) in [6.45, 7) is 5.52. The molecule has 1 amide bonds. The molecule has 29 heavy (non-hydrogen) atoms. The van der Waals surface area contributed by atoms with E-state index in [0.29, 0.717) is 17.9 Å². The molecule has 0 spiro atoms. The lowest BCUT2D eigenvalue weighted by atomic mass is 10.0. The second-order valence-corrected chi connectivity index (χ2v) is 7.46. The Bertz CT molecular complexity index is 798. The van der Waals surface area contributed by atoms with Gasteiger partial charge in [-0.05, 0) is 44.0 Å². The fraction of sp³-hybridized carbons (Fsp3) is 0.364. The Hall–Kier alpha value is -3.06. The van der Waals surface area contributed by atoms with Gasteiger partial charge in [-0.15, -0.1) is 0 Å². The van der Waals surface area contributed by atoms with Crippen LogP contribution in [0.1, 0.15) is 38.0 Å². The first-order chi connectivity index (χ1) is 13.7. The Morgan fingerprint density at radius 3 is 2.17 bits per heavy atom. The maximum Gasteiger partial charge on any atom is 0.408 e. The summed E-state index contributed by atoms with van der Waals surface area (Å²) in [5.41, 5.74) is 0.884. The predicted molar refractivity (Wildman–Crippen MR) is 108 cm³/mol. The maximum atomic E-state index is 12.0. The van der Waals surface area contributed by atoms with Crippen molar-refractivity contribution in [2.24, 2.45) is 0 Å². The average Bonchev–Trinajstić information content (AvgIpc) is 2.66. The zero-order valence-corrected chi connectivity index (χ0v) is 17.0. The molecule has 0 heterocycles. The fourth-order valence-corrected chi connectivity index (χ4v) is 2.66. The van der Waals surface area contributed by atoms with E-state index in [0.717, 1.165) is 5.56 Å². The molecule has 0 fully saturated rings. The van der Waals surface area contributed by atoms with Crippen LogP contribution in [0.3, 0.4) is 0 Å². The minimum Gasteiger partial charge on any atom is -0.489 e. The van der Waals surface area contributed by atoms with Crippen molar-refractivity contribution >= 4 is 12.1 Å². The van der Waals surface area contributed by atoms with Crippen LogP contribution in [0.4, 0.5) is 4.79 Å². The second-order valence-electron chi connectivity index (χ2n) is 7.46. The second kappa shape index (κ2) is 9.93. The molecule has 2 rings (SSSR count). The summed E-state index contributed by atoms with van der Waals surface area (Å²) >= 11 is 0. The van der Waals surface area contributed by atoms with Crippen molar-refractivity contribution in [3.63, 3.8) is 0 Å². The molecule has 2 N–H and O–H groups in total. The van der Waals surface area contributed by atoms with E-state index >= 15 is 0 Å². The maximum absolute atomic E-state index is 12.0. The molecule has 2 atom stereocenters. The highest BCUT2D eigenvalue weighted by Crippen LogP contribution is 2.24. The van der Waals surface area contributed by atoms with Gasteiger partial charge in [0.05, 0.1) is 0 Å². The molecule has 0 aliphatic carbocycles. The molecule has 7 heteroatoms. The van der Waals surface area contributed by atoms with Crippen LogP contribution in [0.25, 0.3) is 0 Å². The summed E-state index contributed by atoms with van der Waals surface area (Å²) < 4.78 is 16.3. The highest BCUT2D eigenvalue weighted by Gasteiger charge is 2.32. The summed E-state index contributed by atoms with van der Waals surface area (Å²) in [5, 5.41) is 11.9. The third-order valence-corrected chi connectivity index (χ3v) is 3.95. The number of nitrogens with one attached hydrogen (secondary N) is 1. The van der Waals surface area contributed by atoms with Crippen LogP contribution >= 0.6 is 0 Å². The summed E-state index contributed by atoms with van der Waals surface area (Å²) in [5.74, 6) is -0.591. The first kappa shape index (κ1) is 22.2. The number of alkyl carbamates (subject to hydrolysis) is 1. The number of ether oxygens (including phenoxy) is 3. The molecule has 0 bridgehead atoms. The Morgan fingerprint density at radius 1 is 1.03 bits per heavy atom. The van der Waals surface area contributed by atoms with E-state index in [9.17, 15) is 14.7 Å². The lowest BCUT2D eigenvalue weighted by molar-refractivity contribution is -0.143. The van der Waals surface area contributed by atoms with Crippen LogP contribution in [0.2, 0.25) is 0 Å². The number of carboxylic acids is 1. The van der Waals surface area contributed by atoms with E-state index in [1.54, 1.807) is 45.0 Å². The van der Waals surface area contributed by atoms with Crippen molar-refractivity contribution in [1.29, 1.82) is 0 Å². The molecule has 2 aromatic rings.